The normalized spacial score (nSPS) is 15.4. The van der Waals surface area contributed by atoms with Crippen LogP contribution in [-0.4, -0.2) is 26.1 Å². The maximum atomic E-state index is 13.3. The molecule has 0 heterocycles. The van der Waals surface area contributed by atoms with Crippen LogP contribution in [0.3, 0.4) is 0 Å². The Morgan fingerprint density at radius 1 is 1.33 bits per heavy atom. The number of hydrogen-bond donors (Lipinski definition) is 1. The standard InChI is InChI=1S/C12H14FNO3S/c13-11-4-2-1-3-9(11)7-18(16,17)8-12(15)14-10-5-6-10/h1-4,10H,5-8H2,(H,14,15). The molecule has 6 heteroatoms. The molecule has 1 amide bonds. The lowest BCUT2D eigenvalue weighted by Crippen LogP contribution is -2.32. The number of halogens is 1. The molecule has 1 N–H and O–H groups in total. The van der Waals surface area contributed by atoms with Crippen molar-refractivity contribution in [3.05, 3.63) is 35.6 Å². The number of hydrogen-bond acceptors (Lipinski definition) is 3. The second kappa shape index (κ2) is 5.06. The summed E-state index contributed by atoms with van der Waals surface area (Å²) in [4.78, 5) is 11.4. The van der Waals surface area contributed by atoms with Crippen molar-refractivity contribution in [3.63, 3.8) is 0 Å². The highest BCUT2D eigenvalue weighted by atomic mass is 32.2. The van der Waals surface area contributed by atoms with Crippen LogP contribution in [-0.2, 0) is 20.4 Å². The average molecular weight is 271 g/mol. The number of rotatable bonds is 5. The van der Waals surface area contributed by atoms with Gasteiger partial charge in [0.1, 0.15) is 11.6 Å². The van der Waals surface area contributed by atoms with E-state index in [1.54, 1.807) is 6.07 Å². The molecule has 0 radical (unpaired) electrons. The Kier molecular flexibility index (Phi) is 3.65. The van der Waals surface area contributed by atoms with E-state index in [0.717, 1.165) is 12.8 Å². The lowest BCUT2D eigenvalue weighted by molar-refractivity contribution is -0.118. The van der Waals surface area contributed by atoms with Crippen molar-refractivity contribution in [1.29, 1.82) is 0 Å². The lowest BCUT2D eigenvalue weighted by atomic mass is 10.2. The summed E-state index contributed by atoms with van der Waals surface area (Å²) in [5, 5.41) is 2.60. The van der Waals surface area contributed by atoms with Gasteiger partial charge in [0, 0.05) is 11.6 Å². The predicted octanol–water partition coefficient (Wildman–Crippen LogP) is 1.02. The Labute approximate surface area is 105 Å². The van der Waals surface area contributed by atoms with E-state index in [1.165, 1.54) is 18.2 Å². The van der Waals surface area contributed by atoms with Gasteiger partial charge in [-0.1, -0.05) is 18.2 Å². The Morgan fingerprint density at radius 2 is 2.00 bits per heavy atom. The molecule has 18 heavy (non-hydrogen) atoms. The number of sulfone groups is 1. The summed E-state index contributed by atoms with van der Waals surface area (Å²) in [6.07, 6.45) is 1.80. The Morgan fingerprint density at radius 3 is 2.61 bits per heavy atom. The third kappa shape index (κ3) is 3.80. The lowest BCUT2D eigenvalue weighted by Gasteiger charge is -2.06. The Bertz CT molecular complexity index is 552. The van der Waals surface area contributed by atoms with E-state index in [4.69, 9.17) is 0 Å². The van der Waals surface area contributed by atoms with E-state index < -0.39 is 33.1 Å². The van der Waals surface area contributed by atoms with Crippen molar-refractivity contribution in [2.75, 3.05) is 5.75 Å². The molecule has 0 saturated heterocycles. The van der Waals surface area contributed by atoms with Crippen LogP contribution in [0.25, 0.3) is 0 Å². The van der Waals surface area contributed by atoms with E-state index in [-0.39, 0.29) is 11.6 Å². The summed E-state index contributed by atoms with van der Waals surface area (Å²) in [6, 6.07) is 5.80. The van der Waals surface area contributed by atoms with Crippen LogP contribution in [0.1, 0.15) is 18.4 Å². The fourth-order valence-electron chi connectivity index (χ4n) is 1.60. The third-order valence-corrected chi connectivity index (χ3v) is 4.08. The van der Waals surface area contributed by atoms with E-state index in [2.05, 4.69) is 5.32 Å². The molecule has 0 spiro atoms. The van der Waals surface area contributed by atoms with Crippen LogP contribution >= 0.6 is 0 Å². The first-order chi connectivity index (χ1) is 8.46. The number of benzene rings is 1. The zero-order valence-electron chi connectivity index (χ0n) is 9.73. The van der Waals surface area contributed by atoms with Gasteiger partial charge in [-0.25, -0.2) is 12.8 Å². The highest BCUT2D eigenvalue weighted by Crippen LogP contribution is 2.18. The molecule has 0 aliphatic heterocycles. The zero-order chi connectivity index (χ0) is 13.2. The molecule has 4 nitrogen and oxygen atoms in total. The fourth-order valence-corrected chi connectivity index (χ4v) is 2.89. The van der Waals surface area contributed by atoms with Gasteiger partial charge in [-0.2, -0.15) is 0 Å². The largest absolute Gasteiger partial charge is 0.352 e. The Balaban J connectivity index is 1.98. The summed E-state index contributed by atoms with van der Waals surface area (Å²) in [6.45, 7) is 0. The molecule has 1 fully saturated rings. The van der Waals surface area contributed by atoms with Gasteiger partial charge >= 0.3 is 0 Å². The van der Waals surface area contributed by atoms with Crippen molar-refractivity contribution in [2.24, 2.45) is 0 Å². The smallest absolute Gasteiger partial charge is 0.235 e. The molecule has 1 aromatic rings. The molecule has 1 saturated carbocycles. The van der Waals surface area contributed by atoms with E-state index in [9.17, 15) is 17.6 Å². The monoisotopic (exact) mass is 271 g/mol. The van der Waals surface area contributed by atoms with Gasteiger partial charge in [0.25, 0.3) is 0 Å². The van der Waals surface area contributed by atoms with E-state index in [1.807, 2.05) is 0 Å². The first-order valence-electron chi connectivity index (χ1n) is 5.69. The molecule has 2 rings (SSSR count). The van der Waals surface area contributed by atoms with Gasteiger partial charge in [0.05, 0.1) is 5.75 Å². The maximum Gasteiger partial charge on any atom is 0.235 e. The van der Waals surface area contributed by atoms with Crippen LogP contribution in [0, 0.1) is 5.82 Å². The average Bonchev–Trinajstić information content (AvgIpc) is 3.04. The van der Waals surface area contributed by atoms with Crippen molar-refractivity contribution >= 4 is 15.7 Å². The van der Waals surface area contributed by atoms with Crippen molar-refractivity contribution in [2.45, 2.75) is 24.6 Å². The summed E-state index contributed by atoms with van der Waals surface area (Å²) < 4.78 is 36.8. The highest BCUT2D eigenvalue weighted by molar-refractivity contribution is 7.91. The summed E-state index contributed by atoms with van der Waals surface area (Å²) in [7, 11) is -3.63. The summed E-state index contributed by atoms with van der Waals surface area (Å²) in [5.41, 5.74) is 0.0942. The zero-order valence-corrected chi connectivity index (χ0v) is 10.5. The molecule has 1 aliphatic carbocycles. The van der Waals surface area contributed by atoms with Crippen molar-refractivity contribution in [3.8, 4) is 0 Å². The van der Waals surface area contributed by atoms with E-state index >= 15 is 0 Å². The molecule has 0 atom stereocenters. The molecular formula is C12H14FNO3S. The molecular weight excluding hydrogens is 257 g/mol. The quantitative estimate of drug-likeness (QED) is 0.869. The number of carbonyl (C=O) groups excluding carboxylic acids is 1. The third-order valence-electron chi connectivity index (χ3n) is 2.63. The molecule has 1 aliphatic rings. The van der Waals surface area contributed by atoms with Crippen LogP contribution in [0.4, 0.5) is 4.39 Å². The van der Waals surface area contributed by atoms with Crippen LogP contribution < -0.4 is 5.32 Å². The SMILES string of the molecule is O=C(CS(=O)(=O)Cc1ccccc1F)NC1CC1. The minimum Gasteiger partial charge on any atom is -0.352 e. The van der Waals surface area contributed by atoms with Crippen LogP contribution in [0.15, 0.2) is 24.3 Å². The fraction of sp³-hybridized carbons (Fsp3) is 0.417. The van der Waals surface area contributed by atoms with Gasteiger partial charge in [0.2, 0.25) is 5.91 Å². The van der Waals surface area contributed by atoms with Crippen molar-refractivity contribution < 1.29 is 17.6 Å². The summed E-state index contributed by atoms with van der Waals surface area (Å²) in [5.74, 6) is -2.10. The number of amides is 1. The van der Waals surface area contributed by atoms with Gasteiger partial charge in [0.15, 0.2) is 9.84 Å². The van der Waals surface area contributed by atoms with Gasteiger partial charge in [-0.05, 0) is 18.9 Å². The molecule has 0 bridgehead atoms. The van der Waals surface area contributed by atoms with Crippen LogP contribution in [0.5, 0.6) is 0 Å². The molecule has 0 aromatic heterocycles. The number of nitrogens with one attached hydrogen (secondary N) is 1. The van der Waals surface area contributed by atoms with Gasteiger partial charge in [-0.15, -0.1) is 0 Å². The minimum absolute atomic E-state index is 0.0942. The predicted molar refractivity (Wildman–Crippen MR) is 65.1 cm³/mol. The highest BCUT2D eigenvalue weighted by Gasteiger charge is 2.26. The van der Waals surface area contributed by atoms with Crippen LogP contribution in [0.2, 0.25) is 0 Å². The molecule has 1 aromatic carbocycles. The minimum atomic E-state index is -3.63. The van der Waals surface area contributed by atoms with Crippen molar-refractivity contribution in [1.82, 2.24) is 5.32 Å². The Hall–Kier alpha value is -1.43. The first kappa shape index (κ1) is 13.0. The first-order valence-corrected chi connectivity index (χ1v) is 7.51. The maximum absolute atomic E-state index is 13.3. The van der Waals surface area contributed by atoms with Gasteiger partial charge in [-0.3, -0.25) is 4.79 Å². The summed E-state index contributed by atoms with van der Waals surface area (Å²) >= 11 is 0. The van der Waals surface area contributed by atoms with Gasteiger partial charge < -0.3 is 5.32 Å². The van der Waals surface area contributed by atoms with E-state index in [0.29, 0.717) is 0 Å². The molecule has 0 unspecified atom stereocenters. The number of carbonyl (C=O) groups is 1. The second-order valence-electron chi connectivity index (χ2n) is 4.47. The second-order valence-corrected chi connectivity index (χ2v) is 6.53. The molecule has 98 valence electrons. The topological polar surface area (TPSA) is 63.2 Å².